The molecule has 3 aliphatic heterocycles. The molecule has 0 bridgehead atoms. The number of nitrogens with two attached hydrogens (primary N) is 1. The first kappa shape index (κ1) is 28.8. The molecule has 17 nitrogen and oxygen atoms in total. The average Bonchev–Trinajstić information content (AvgIpc) is 3.28. The minimum Gasteiger partial charge on any atom is -0.510 e. The largest absolute Gasteiger partial charge is 0.510 e. The number of aliphatic hydroxyl groups is 5. The molecule has 4 heterocycles. The van der Waals surface area contributed by atoms with Gasteiger partial charge in [0.05, 0.1) is 5.92 Å². The van der Waals surface area contributed by atoms with Gasteiger partial charge >= 0.3 is 11.7 Å². The molecule has 3 aliphatic rings. The van der Waals surface area contributed by atoms with Crippen LogP contribution in [-0.4, -0.2) is 120 Å². The molecule has 1 amide bonds. The molecular weight excluding hydrogens is 528 g/mol. The monoisotopic (exact) mass is 558 g/mol. The zero-order valence-electron chi connectivity index (χ0n) is 20.6. The summed E-state index contributed by atoms with van der Waals surface area (Å²) in [4.78, 5) is 51.6. The SMILES string of the molecule is CN1C(=O)[C@H]([C@H](OC2OC(CN)C(O)C2O)C2OC(n3ccc(=O)[nH]c3=O)C(O)C2O)CCC(O)=C1C(=O)O. The number of aliphatic carboxylic acids is 1. The van der Waals surface area contributed by atoms with E-state index in [-0.39, 0.29) is 19.4 Å². The summed E-state index contributed by atoms with van der Waals surface area (Å²) >= 11 is 0. The van der Waals surface area contributed by atoms with Gasteiger partial charge in [0.15, 0.2) is 18.2 Å². The zero-order valence-corrected chi connectivity index (χ0v) is 20.6. The Hall–Kier alpha value is -3.16. The Kier molecular flexibility index (Phi) is 8.24. The van der Waals surface area contributed by atoms with Crippen molar-refractivity contribution in [2.75, 3.05) is 13.6 Å². The van der Waals surface area contributed by atoms with Crippen LogP contribution < -0.4 is 17.0 Å². The van der Waals surface area contributed by atoms with Gasteiger partial charge in [-0.15, -0.1) is 0 Å². The molecule has 0 saturated carbocycles. The van der Waals surface area contributed by atoms with Gasteiger partial charge in [-0.2, -0.15) is 0 Å². The highest BCUT2D eigenvalue weighted by Gasteiger charge is 2.54. The lowest BCUT2D eigenvalue weighted by molar-refractivity contribution is -0.232. The van der Waals surface area contributed by atoms with E-state index in [0.29, 0.717) is 4.90 Å². The molecule has 1 aromatic rings. The van der Waals surface area contributed by atoms with Crippen LogP contribution in [0.3, 0.4) is 0 Å². The predicted octanol–water partition coefficient (Wildman–Crippen LogP) is -4.33. The van der Waals surface area contributed by atoms with E-state index in [0.717, 1.165) is 23.9 Å². The summed E-state index contributed by atoms with van der Waals surface area (Å²) in [6, 6.07) is 0.980. The first-order valence-corrected chi connectivity index (χ1v) is 12.0. The fraction of sp³-hybridized carbons (Fsp3) is 0.636. The second-order valence-corrected chi connectivity index (χ2v) is 9.49. The van der Waals surface area contributed by atoms with Crippen molar-refractivity contribution in [2.45, 2.75) is 68.1 Å². The Morgan fingerprint density at radius 1 is 1.15 bits per heavy atom. The molecule has 0 aliphatic carbocycles. The van der Waals surface area contributed by atoms with E-state index in [1.807, 2.05) is 4.98 Å². The predicted molar refractivity (Wildman–Crippen MR) is 125 cm³/mol. The summed E-state index contributed by atoms with van der Waals surface area (Å²) in [5.74, 6) is -4.40. The highest BCUT2D eigenvalue weighted by atomic mass is 16.7. The molecule has 9 N–H and O–H groups in total. The summed E-state index contributed by atoms with van der Waals surface area (Å²) < 4.78 is 17.9. The number of carboxylic acids is 1. The highest BCUT2D eigenvalue weighted by molar-refractivity contribution is 5.94. The summed E-state index contributed by atoms with van der Waals surface area (Å²) in [6.07, 6.45) is -13.6. The van der Waals surface area contributed by atoms with Crippen molar-refractivity contribution in [3.8, 4) is 0 Å². The van der Waals surface area contributed by atoms with Crippen molar-refractivity contribution in [3.05, 3.63) is 44.6 Å². The lowest BCUT2D eigenvalue weighted by atomic mass is 9.89. The molecular formula is C22H30N4O13. The minimum absolute atomic E-state index is 0.202. The van der Waals surface area contributed by atoms with Crippen LogP contribution >= 0.6 is 0 Å². The number of aliphatic hydroxyl groups excluding tert-OH is 5. The van der Waals surface area contributed by atoms with E-state index >= 15 is 0 Å². The Labute approximate surface area is 219 Å². The first-order valence-electron chi connectivity index (χ1n) is 12.0. The normalized spacial score (nSPS) is 36.3. The number of nitrogens with one attached hydrogen (secondary N) is 1. The van der Waals surface area contributed by atoms with Gasteiger partial charge in [0.1, 0.15) is 48.5 Å². The smallest absolute Gasteiger partial charge is 0.356 e. The van der Waals surface area contributed by atoms with Crippen LogP contribution in [0.15, 0.2) is 33.3 Å². The lowest BCUT2D eigenvalue weighted by Gasteiger charge is -2.35. The number of amides is 1. The number of aromatic nitrogens is 2. The van der Waals surface area contributed by atoms with Gasteiger partial charge in [0.2, 0.25) is 5.91 Å². The standard InChI is InChI=1S/C22H30N4O13/c1-25-11(20(34)35)8(27)3-2-7(18(25)33)16(39-21-15(32)12(29)9(6-23)37-21)17-13(30)14(31)19(38-17)26-5-4-10(28)24-22(26)36/h4-5,7,9,12-17,19,21,27,29-32H,2-3,6,23H2,1H3,(H,34,35)(H,24,28,36)/t7-,9?,12?,13?,14?,15?,16-,17?,19?,21?/m0/s1. The van der Waals surface area contributed by atoms with Gasteiger partial charge in [0, 0.05) is 32.3 Å². The number of nitrogens with zero attached hydrogens (tertiary/aromatic N) is 2. The topological polar surface area (TPSA) is 267 Å². The van der Waals surface area contributed by atoms with Gasteiger partial charge in [-0.05, 0) is 6.42 Å². The molecule has 0 spiro atoms. The summed E-state index contributed by atoms with van der Waals surface area (Å²) in [5, 5.41) is 62.2. The number of H-pyrrole nitrogens is 1. The molecule has 10 atom stereocenters. The third kappa shape index (κ3) is 5.22. The van der Waals surface area contributed by atoms with Crippen LogP contribution in [0.2, 0.25) is 0 Å². The van der Waals surface area contributed by atoms with Crippen LogP contribution in [0.25, 0.3) is 0 Å². The van der Waals surface area contributed by atoms with E-state index in [4.69, 9.17) is 19.9 Å². The van der Waals surface area contributed by atoms with Gasteiger partial charge in [-0.25, -0.2) is 9.59 Å². The number of rotatable bonds is 7. The van der Waals surface area contributed by atoms with E-state index < -0.39 is 95.7 Å². The fourth-order valence-corrected chi connectivity index (χ4v) is 5.05. The molecule has 8 unspecified atom stereocenters. The van der Waals surface area contributed by atoms with Gasteiger partial charge < -0.3 is 55.5 Å². The highest BCUT2D eigenvalue weighted by Crippen LogP contribution is 2.38. The summed E-state index contributed by atoms with van der Waals surface area (Å²) in [5.41, 5.74) is 3.18. The molecule has 17 heteroatoms. The quantitative estimate of drug-likeness (QED) is 0.157. The number of carbonyl (C=O) groups excluding carboxylic acids is 1. The van der Waals surface area contributed by atoms with E-state index in [2.05, 4.69) is 0 Å². The number of carboxylic acid groups (broad SMARTS) is 1. The second-order valence-electron chi connectivity index (χ2n) is 9.49. The molecule has 4 rings (SSSR count). The van der Waals surface area contributed by atoms with Crippen LogP contribution in [0.5, 0.6) is 0 Å². The maximum absolute atomic E-state index is 13.4. The van der Waals surface area contributed by atoms with Gasteiger partial charge in [-0.1, -0.05) is 0 Å². The lowest BCUT2D eigenvalue weighted by Crippen LogP contribution is -2.51. The third-order valence-electron chi connectivity index (χ3n) is 7.11. The van der Waals surface area contributed by atoms with Crippen LogP contribution in [-0.2, 0) is 23.8 Å². The molecule has 216 valence electrons. The van der Waals surface area contributed by atoms with Crippen molar-refractivity contribution in [2.24, 2.45) is 11.7 Å². The van der Waals surface area contributed by atoms with Crippen molar-refractivity contribution in [1.29, 1.82) is 0 Å². The summed E-state index contributed by atoms with van der Waals surface area (Å²) in [7, 11) is 1.11. The van der Waals surface area contributed by atoms with E-state index in [1.165, 1.54) is 0 Å². The van der Waals surface area contributed by atoms with Crippen molar-refractivity contribution in [1.82, 2.24) is 14.5 Å². The number of ether oxygens (including phenoxy) is 3. The molecule has 2 fully saturated rings. The average molecular weight is 558 g/mol. The van der Waals surface area contributed by atoms with Gasteiger partial charge in [0.25, 0.3) is 5.56 Å². The second kappa shape index (κ2) is 11.1. The number of carbonyl (C=O) groups is 2. The maximum Gasteiger partial charge on any atom is 0.356 e. The fourth-order valence-electron chi connectivity index (χ4n) is 5.05. The number of allylic oxidation sites excluding steroid dienone is 1. The van der Waals surface area contributed by atoms with Crippen molar-refractivity contribution in [3.63, 3.8) is 0 Å². The molecule has 1 aromatic heterocycles. The molecule has 2 saturated heterocycles. The van der Waals surface area contributed by atoms with Crippen molar-refractivity contribution < 1.29 is 54.4 Å². The number of hydrogen-bond donors (Lipinski definition) is 8. The zero-order chi connectivity index (χ0) is 28.8. The minimum atomic E-state index is -1.81. The van der Waals surface area contributed by atoms with Crippen LogP contribution in [0.1, 0.15) is 19.1 Å². The Bertz CT molecular complexity index is 1250. The third-order valence-corrected chi connectivity index (χ3v) is 7.11. The maximum atomic E-state index is 13.4. The Morgan fingerprint density at radius 2 is 1.85 bits per heavy atom. The van der Waals surface area contributed by atoms with Crippen molar-refractivity contribution >= 4 is 11.9 Å². The molecule has 39 heavy (non-hydrogen) atoms. The number of hydrogen-bond acceptors (Lipinski definition) is 13. The number of likely N-dealkylation sites (N-methyl/N-ethyl adjacent to an activating group) is 1. The van der Waals surface area contributed by atoms with Gasteiger partial charge in [-0.3, -0.25) is 19.1 Å². The Morgan fingerprint density at radius 3 is 2.44 bits per heavy atom. The Balaban J connectivity index is 1.71. The van der Waals surface area contributed by atoms with E-state index in [9.17, 15) is 49.8 Å². The molecule has 0 aromatic carbocycles. The first-order chi connectivity index (χ1) is 18.4. The summed E-state index contributed by atoms with van der Waals surface area (Å²) in [6.45, 7) is -0.202. The van der Waals surface area contributed by atoms with E-state index in [1.54, 1.807) is 0 Å². The number of aromatic amines is 1. The van der Waals surface area contributed by atoms with Crippen LogP contribution in [0.4, 0.5) is 0 Å². The molecule has 0 radical (unpaired) electrons. The van der Waals surface area contributed by atoms with Crippen LogP contribution in [0, 0.1) is 5.92 Å².